The molecule has 0 saturated carbocycles. The Morgan fingerprint density at radius 1 is 1.41 bits per heavy atom. The predicted octanol–water partition coefficient (Wildman–Crippen LogP) is 2.99. The van der Waals surface area contributed by atoms with Gasteiger partial charge in [-0.2, -0.15) is 0 Å². The molecule has 1 aromatic heterocycles. The van der Waals surface area contributed by atoms with E-state index >= 15 is 0 Å². The van der Waals surface area contributed by atoms with Crippen LogP contribution >= 0.6 is 15.9 Å². The van der Waals surface area contributed by atoms with Crippen LogP contribution in [0.4, 0.5) is 0 Å². The molecule has 2 aromatic rings. The summed E-state index contributed by atoms with van der Waals surface area (Å²) in [5.74, 6) is 1.07. The Morgan fingerprint density at radius 3 is 3.00 bits per heavy atom. The molecule has 1 aromatic carbocycles. The maximum absolute atomic E-state index is 4.56. The van der Waals surface area contributed by atoms with Crippen molar-refractivity contribution in [1.82, 2.24) is 9.97 Å². The smallest absolute Gasteiger partial charge is 0.142 e. The van der Waals surface area contributed by atoms with Crippen LogP contribution in [0.15, 0.2) is 22.7 Å². The lowest BCUT2D eigenvalue weighted by atomic mass is 10.2. The summed E-state index contributed by atoms with van der Waals surface area (Å²) in [6.45, 7) is 4.87. The Kier molecular flexibility index (Phi) is 3.94. The van der Waals surface area contributed by atoms with Crippen LogP contribution in [0.5, 0.6) is 0 Å². The molecule has 3 nitrogen and oxygen atoms in total. The van der Waals surface area contributed by atoms with E-state index in [1.54, 1.807) is 0 Å². The van der Waals surface area contributed by atoms with Crippen molar-refractivity contribution in [1.29, 1.82) is 0 Å². The van der Waals surface area contributed by atoms with Gasteiger partial charge in [0.1, 0.15) is 26.1 Å². The van der Waals surface area contributed by atoms with Gasteiger partial charge in [0.15, 0.2) is 0 Å². The van der Waals surface area contributed by atoms with Gasteiger partial charge in [-0.25, -0.2) is 9.56 Å². The molecule has 0 bridgehead atoms. The standard InChI is InChI=1S/C13H17BrN3/c1-17(2)8-4-3-5-13-15-11-7-6-10(14)9-12(11)16-13/h6-7,9H,1,3-5,8H2,2H3,(H,15,16)/q+1. The van der Waals surface area contributed by atoms with Gasteiger partial charge in [0.05, 0.1) is 11.0 Å². The average molecular weight is 295 g/mol. The first-order chi connectivity index (χ1) is 8.15. The van der Waals surface area contributed by atoms with Gasteiger partial charge in [-0.05, 0) is 24.6 Å². The fourth-order valence-corrected chi connectivity index (χ4v) is 2.19. The summed E-state index contributed by atoms with van der Waals surface area (Å²) in [6, 6.07) is 6.11. The van der Waals surface area contributed by atoms with Crippen LogP contribution in [0, 0.1) is 0 Å². The summed E-state index contributed by atoms with van der Waals surface area (Å²) in [5.41, 5.74) is 2.14. The van der Waals surface area contributed by atoms with Crippen LogP contribution in [0.2, 0.25) is 0 Å². The molecule has 2 rings (SSSR count). The fourth-order valence-electron chi connectivity index (χ4n) is 1.83. The van der Waals surface area contributed by atoms with Gasteiger partial charge in [-0.3, -0.25) is 0 Å². The van der Waals surface area contributed by atoms with E-state index in [0.717, 1.165) is 47.1 Å². The molecule has 0 aliphatic rings. The largest absolute Gasteiger partial charge is 0.342 e. The number of aromatic nitrogens is 2. The molecule has 1 heterocycles. The van der Waals surface area contributed by atoms with Crippen molar-refractivity contribution in [3.05, 3.63) is 28.5 Å². The molecule has 90 valence electrons. The van der Waals surface area contributed by atoms with Crippen molar-refractivity contribution in [2.45, 2.75) is 19.3 Å². The zero-order chi connectivity index (χ0) is 12.3. The number of imidazole rings is 1. The quantitative estimate of drug-likeness (QED) is 0.513. The lowest BCUT2D eigenvalue weighted by Gasteiger charge is -1.95. The molecule has 0 unspecified atom stereocenters. The van der Waals surface area contributed by atoms with Crippen molar-refractivity contribution in [3.8, 4) is 0 Å². The lowest BCUT2D eigenvalue weighted by molar-refractivity contribution is -0.488. The molecular formula is C13H17BrN3+. The van der Waals surface area contributed by atoms with Gasteiger partial charge in [0.2, 0.25) is 0 Å². The number of nitrogens with one attached hydrogen (secondary N) is 1. The van der Waals surface area contributed by atoms with Gasteiger partial charge in [0, 0.05) is 17.3 Å². The molecule has 0 spiro atoms. The molecule has 0 aliphatic carbocycles. The van der Waals surface area contributed by atoms with E-state index in [1.165, 1.54) is 0 Å². The van der Waals surface area contributed by atoms with Gasteiger partial charge in [-0.15, -0.1) is 0 Å². The Labute approximate surface area is 110 Å². The third-order valence-corrected chi connectivity index (χ3v) is 3.19. The van der Waals surface area contributed by atoms with E-state index in [0.29, 0.717) is 0 Å². The molecule has 0 radical (unpaired) electrons. The number of H-pyrrole nitrogens is 1. The molecule has 4 heteroatoms. The Bertz CT molecular complexity index is 530. The topological polar surface area (TPSA) is 31.7 Å². The number of nitrogens with zero attached hydrogens (tertiary/aromatic N) is 2. The number of fused-ring (bicyclic) bond motifs is 1. The normalized spacial score (nSPS) is 10.9. The Hall–Kier alpha value is -1.16. The monoisotopic (exact) mass is 294 g/mol. The van der Waals surface area contributed by atoms with Gasteiger partial charge >= 0.3 is 0 Å². The number of unbranched alkanes of at least 4 members (excludes halogenated alkanes) is 1. The van der Waals surface area contributed by atoms with Crippen LogP contribution in [0.3, 0.4) is 0 Å². The minimum atomic E-state index is 1.00. The highest BCUT2D eigenvalue weighted by atomic mass is 79.9. The molecule has 17 heavy (non-hydrogen) atoms. The van der Waals surface area contributed by atoms with E-state index in [1.807, 2.05) is 23.8 Å². The number of benzene rings is 1. The maximum atomic E-state index is 4.56. The Morgan fingerprint density at radius 2 is 2.24 bits per heavy atom. The van der Waals surface area contributed by atoms with Gasteiger partial charge in [0.25, 0.3) is 0 Å². The summed E-state index contributed by atoms with van der Waals surface area (Å²) in [5, 5.41) is 0. The average Bonchev–Trinajstić information content (AvgIpc) is 2.66. The SMILES string of the molecule is C=[N+](C)CCCCc1nc2ccc(Br)cc2[nH]1. The zero-order valence-corrected chi connectivity index (χ0v) is 11.6. The van der Waals surface area contributed by atoms with Crippen molar-refractivity contribution >= 4 is 33.7 Å². The number of aromatic amines is 1. The minimum absolute atomic E-state index is 1.00. The first kappa shape index (κ1) is 12.3. The molecule has 0 fully saturated rings. The van der Waals surface area contributed by atoms with Crippen LogP contribution < -0.4 is 0 Å². The fraction of sp³-hybridized carbons (Fsp3) is 0.385. The number of rotatable bonds is 5. The third kappa shape index (κ3) is 3.40. The van der Waals surface area contributed by atoms with Gasteiger partial charge in [-0.1, -0.05) is 15.9 Å². The van der Waals surface area contributed by atoms with Crippen LogP contribution in [-0.2, 0) is 6.42 Å². The van der Waals surface area contributed by atoms with E-state index in [9.17, 15) is 0 Å². The van der Waals surface area contributed by atoms with Crippen LogP contribution in [0.1, 0.15) is 18.7 Å². The Balaban J connectivity index is 1.97. The summed E-state index contributed by atoms with van der Waals surface area (Å²) in [4.78, 5) is 7.92. The number of aryl methyl sites for hydroxylation is 1. The van der Waals surface area contributed by atoms with Crippen molar-refractivity contribution in [3.63, 3.8) is 0 Å². The predicted molar refractivity (Wildman–Crippen MR) is 74.9 cm³/mol. The summed E-state index contributed by atoms with van der Waals surface area (Å²) in [6.07, 6.45) is 3.29. The van der Waals surface area contributed by atoms with E-state index in [-0.39, 0.29) is 0 Å². The third-order valence-electron chi connectivity index (χ3n) is 2.70. The molecule has 1 N–H and O–H groups in total. The summed E-state index contributed by atoms with van der Waals surface area (Å²) < 4.78 is 3.05. The molecule has 0 aliphatic heterocycles. The summed E-state index contributed by atoms with van der Waals surface area (Å²) in [7, 11) is 2.00. The minimum Gasteiger partial charge on any atom is -0.342 e. The van der Waals surface area contributed by atoms with E-state index in [2.05, 4.69) is 38.7 Å². The number of hydrogen-bond acceptors (Lipinski definition) is 1. The second-order valence-corrected chi connectivity index (χ2v) is 5.30. The highest BCUT2D eigenvalue weighted by Gasteiger charge is 2.03. The van der Waals surface area contributed by atoms with Crippen molar-refractivity contribution < 1.29 is 4.58 Å². The van der Waals surface area contributed by atoms with Crippen molar-refractivity contribution in [2.24, 2.45) is 0 Å². The second-order valence-electron chi connectivity index (χ2n) is 4.38. The number of halogens is 1. The van der Waals surface area contributed by atoms with E-state index < -0.39 is 0 Å². The molecular weight excluding hydrogens is 278 g/mol. The van der Waals surface area contributed by atoms with E-state index in [4.69, 9.17) is 0 Å². The first-order valence-corrected chi connectivity index (χ1v) is 6.60. The maximum Gasteiger partial charge on any atom is 0.142 e. The second kappa shape index (κ2) is 5.45. The first-order valence-electron chi connectivity index (χ1n) is 5.81. The van der Waals surface area contributed by atoms with Crippen LogP contribution in [0.25, 0.3) is 11.0 Å². The highest BCUT2D eigenvalue weighted by Crippen LogP contribution is 2.18. The van der Waals surface area contributed by atoms with Crippen LogP contribution in [-0.4, -0.2) is 34.9 Å². The number of hydrogen-bond donors (Lipinski definition) is 1. The van der Waals surface area contributed by atoms with Crippen molar-refractivity contribution in [2.75, 3.05) is 13.6 Å². The summed E-state index contributed by atoms with van der Waals surface area (Å²) >= 11 is 3.46. The molecule has 0 amide bonds. The van der Waals surface area contributed by atoms with Gasteiger partial charge < -0.3 is 4.98 Å². The molecule has 0 atom stereocenters. The highest BCUT2D eigenvalue weighted by molar-refractivity contribution is 9.10. The lowest BCUT2D eigenvalue weighted by Crippen LogP contribution is -2.04. The zero-order valence-electron chi connectivity index (χ0n) is 10.0. The molecule has 0 saturated heterocycles.